The smallest absolute Gasteiger partial charge is 0.187 e. The molecule has 11 aliphatic rings. The summed E-state index contributed by atoms with van der Waals surface area (Å²) in [5, 5.41) is 387. The van der Waals surface area contributed by atoms with Crippen molar-refractivity contribution in [3.8, 4) is 0 Å². The molecule has 0 bridgehead atoms. The normalized spacial score (nSPS) is 53.8. The van der Waals surface area contributed by atoms with Crippen molar-refractivity contribution in [1.29, 1.82) is 0 Å². The van der Waals surface area contributed by atoms with E-state index >= 15 is 0 Å². The van der Waals surface area contributed by atoms with Gasteiger partial charge in [-0.15, -0.1) is 0 Å². The minimum Gasteiger partial charge on any atom is -0.394 e. The number of hydrogen-bond donors (Lipinski definition) is 35. The SMILES string of the molecule is OC[C@H]1O[C@@H](O[C@H]2[C@H](O[C@H]3[C@H](O[C@H]4[C@H](O[C@H]5[C@H](O[C@H]6[C@H](O[C@H]7[C@H](O[C@H]8[C@H](O[C@H]9[C@H](O[C@H]%10[C@H](O[C@H]%11C(O)O[C@H](CO)[C@@H](O)[C@@H]%11O)O[C@H](CO)[C@@H](O)[C@@H]%10O)O[C@H](CO)[C@@H](O)[C@@H]9O)O[C@H](CO)[C@@H](O)[C@@H]8O)O[C@H](CO)[C@@H](O)[C@@H]7O)O[C@H](CO)[C@@H](O)[C@@H]6O)O[C@H](CO)[C@@H](O)[C@@H]5O)O[C@H](CO)[C@@H](O)[C@@H]4O)O[C@H](CO)[C@@H](O)[C@@H]3O)O[C@H](CO)[C@@H](O)[C@@H]2O)[C@H](O)[C@@H](O)[C@@H]1O. The van der Waals surface area contributed by atoms with E-state index < -0.39 is 410 Å². The van der Waals surface area contributed by atoms with Crippen LogP contribution in [0.15, 0.2) is 0 Å². The molecule has 0 aromatic rings. The third-order valence-electron chi connectivity index (χ3n) is 23.0. The fourth-order valence-corrected chi connectivity index (χ4v) is 15.7. The summed E-state index contributed by atoms with van der Waals surface area (Å²) in [5.74, 6) is 0. The van der Waals surface area contributed by atoms with E-state index in [1.54, 1.807) is 0 Å². The van der Waals surface area contributed by atoms with Gasteiger partial charge in [0.1, 0.15) is 269 Å². The fourth-order valence-electron chi connectivity index (χ4n) is 15.7. The standard InChI is InChI=1S/C66H112O56/c67-1-12-24(79)35(90)46(56(101)102-12)113-58-48(37(92)26(81)14(3-69)104-58)115-60-50(39(94)28(83)16(5-71)106-60)117-62-52(41(96)30(85)18(7-73)108-62)119-64-54(43(98)32(87)20(9-75)110-64)121-66-55(44(99)33(88)22(11-77)112-66)122-65-53(42(97)31(86)21(10-76)111-65)120-63-51(40(95)29(84)19(8-74)109-63)118-61-49(38(93)27(82)17(6-72)107-61)116-59-47(36(91)25(80)15(4-70)105-59)114-57-45(100)34(89)23(78)13(2-68)103-57/h12-101H,1-11H2/t12-,13-,14-,15-,16-,17-,18-,19-,20-,21-,22-,23-,24-,25-,26-,27-,28-,29-,30-,31-,32-,33-,34+,35+,36+,37+,38+,39+,40+,41+,42+,43+,44+,45-,46-,47-,48-,49-,50-,51-,52-,53-,54-,55-,56?,57+,58+,59+,60+,61+,62+,63+,64+,65+,66+/m1/s1. The first-order chi connectivity index (χ1) is 57.9. The molecule has 0 saturated carbocycles. The maximum absolute atomic E-state index is 12.1. The first-order valence-corrected chi connectivity index (χ1v) is 38.7. The summed E-state index contributed by atoms with van der Waals surface area (Å²) in [6.45, 7) is -12.8. The van der Waals surface area contributed by atoms with Crippen LogP contribution in [0.3, 0.4) is 0 Å². The summed E-state index contributed by atoms with van der Waals surface area (Å²) in [7, 11) is 0. The van der Waals surface area contributed by atoms with Gasteiger partial charge in [-0.1, -0.05) is 0 Å². The molecular formula is C66H112O56. The van der Waals surface area contributed by atoms with Crippen molar-refractivity contribution >= 4 is 0 Å². The van der Waals surface area contributed by atoms with Gasteiger partial charge in [-0.05, 0) is 0 Å². The lowest BCUT2D eigenvalue weighted by Crippen LogP contribution is -2.69. The molecule has 0 aliphatic carbocycles. The number of ether oxygens (including phenoxy) is 21. The Morgan fingerprint density at radius 2 is 0.238 bits per heavy atom. The van der Waals surface area contributed by atoms with Gasteiger partial charge >= 0.3 is 0 Å². The Bertz CT molecular complexity index is 3100. The van der Waals surface area contributed by atoms with Crippen LogP contribution >= 0.6 is 0 Å². The molecule has 11 saturated heterocycles. The Balaban J connectivity index is 0.890. The van der Waals surface area contributed by atoms with Crippen LogP contribution in [0.4, 0.5) is 0 Å². The lowest BCUT2D eigenvalue weighted by atomic mass is 9.95. The van der Waals surface area contributed by atoms with Crippen molar-refractivity contribution in [2.24, 2.45) is 0 Å². The monoisotopic (exact) mass is 1800 g/mol. The number of aliphatic hydroxyl groups excluding tert-OH is 35. The highest BCUT2D eigenvalue weighted by molar-refractivity contribution is 5.04. The van der Waals surface area contributed by atoms with Crippen LogP contribution in [0.1, 0.15) is 0 Å². The van der Waals surface area contributed by atoms with Gasteiger partial charge < -0.3 is 278 Å². The molecule has 1 unspecified atom stereocenters. The lowest BCUT2D eigenvalue weighted by Gasteiger charge is -2.51. The Kier molecular flexibility index (Phi) is 35.7. The molecule has 11 rings (SSSR count). The average molecular weight is 1800 g/mol. The van der Waals surface area contributed by atoms with E-state index in [-0.39, 0.29) is 0 Å². The van der Waals surface area contributed by atoms with Crippen molar-refractivity contribution in [1.82, 2.24) is 0 Å². The van der Waals surface area contributed by atoms with E-state index in [0.717, 1.165) is 0 Å². The highest BCUT2D eigenvalue weighted by atomic mass is 16.8. The van der Waals surface area contributed by atoms with Crippen LogP contribution in [0.2, 0.25) is 0 Å². The maximum Gasteiger partial charge on any atom is 0.187 e. The molecule has 35 N–H and O–H groups in total. The molecule has 11 fully saturated rings. The van der Waals surface area contributed by atoms with Gasteiger partial charge in [0, 0.05) is 0 Å². The molecule has 0 aromatic carbocycles. The Morgan fingerprint density at radius 1 is 0.123 bits per heavy atom. The van der Waals surface area contributed by atoms with Gasteiger partial charge in [0.05, 0.1) is 72.7 Å². The number of rotatable bonds is 31. The average Bonchev–Trinajstić information content (AvgIpc) is 0.763. The van der Waals surface area contributed by atoms with Gasteiger partial charge in [-0.3, -0.25) is 0 Å². The van der Waals surface area contributed by atoms with Crippen LogP contribution in [0.5, 0.6) is 0 Å². The van der Waals surface area contributed by atoms with Crippen molar-refractivity contribution in [3.63, 3.8) is 0 Å². The zero-order valence-corrected chi connectivity index (χ0v) is 63.8. The third-order valence-corrected chi connectivity index (χ3v) is 23.0. The molecule has 55 atom stereocenters. The predicted octanol–water partition coefficient (Wildman–Crippen LogP) is -25.0. The van der Waals surface area contributed by atoms with Gasteiger partial charge in [0.2, 0.25) is 0 Å². The Morgan fingerprint density at radius 3 is 0.393 bits per heavy atom. The summed E-state index contributed by atoms with van der Waals surface area (Å²) in [4.78, 5) is 0. The molecule has 11 heterocycles. The molecule has 0 spiro atoms. The molecule has 56 heteroatoms. The summed E-state index contributed by atoms with van der Waals surface area (Å²) in [6, 6.07) is 0. The van der Waals surface area contributed by atoms with E-state index in [2.05, 4.69) is 0 Å². The number of hydrogen-bond acceptors (Lipinski definition) is 56. The van der Waals surface area contributed by atoms with E-state index in [1.807, 2.05) is 0 Å². The second-order valence-electron chi connectivity index (χ2n) is 30.8. The molecule has 0 aromatic heterocycles. The lowest BCUT2D eigenvalue weighted by molar-refractivity contribution is -0.426. The van der Waals surface area contributed by atoms with E-state index in [9.17, 15) is 179 Å². The minimum atomic E-state index is -2.57. The van der Waals surface area contributed by atoms with Gasteiger partial charge in [-0.2, -0.15) is 0 Å². The second kappa shape index (κ2) is 43.4. The summed E-state index contributed by atoms with van der Waals surface area (Å²) in [5.41, 5.74) is 0. The first kappa shape index (κ1) is 100. The maximum atomic E-state index is 12.1. The number of aliphatic hydroxyl groups is 35. The fraction of sp³-hybridized carbons (Fsp3) is 1.00. The molecule has 0 radical (unpaired) electrons. The highest BCUT2D eigenvalue weighted by Gasteiger charge is 2.63. The highest BCUT2D eigenvalue weighted by Crippen LogP contribution is 2.43. The van der Waals surface area contributed by atoms with Crippen LogP contribution < -0.4 is 0 Å². The van der Waals surface area contributed by atoms with Crippen molar-refractivity contribution in [2.75, 3.05) is 72.7 Å². The third kappa shape index (κ3) is 20.5. The quantitative estimate of drug-likeness (QED) is 0.0306. The van der Waals surface area contributed by atoms with Crippen molar-refractivity contribution < 1.29 is 278 Å². The first-order valence-electron chi connectivity index (χ1n) is 38.7. The van der Waals surface area contributed by atoms with Gasteiger partial charge in [-0.25, -0.2) is 0 Å². The molecular weight excluding hydrogens is 1690 g/mol. The predicted molar refractivity (Wildman–Crippen MR) is 362 cm³/mol. The van der Waals surface area contributed by atoms with E-state index in [4.69, 9.17) is 99.5 Å². The van der Waals surface area contributed by atoms with E-state index in [0.29, 0.717) is 0 Å². The summed E-state index contributed by atoms with van der Waals surface area (Å²) >= 11 is 0. The van der Waals surface area contributed by atoms with Crippen molar-refractivity contribution in [2.45, 2.75) is 338 Å². The molecule has 712 valence electrons. The zero-order chi connectivity index (χ0) is 89.4. The molecule has 122 heavy (non-hydrogen) atoms. The largest absolute Gasteiger partial charge is 0.394 e. The summed E-state index contributed by atoms with van der Waals surface area (Å²) < 4.78 is 123. The topological polar surface area (TPSA) is 902 Å². The van der Waals surface area contributed by atoms with Crippen molar-refractivity contribution in [3.05, 3.63) is 0 Å². The molecule has 56 nitrogen and oxygen atoms in total. The zero-order valence-electron chi connectivity index (χ0n) is 63.8. The van der Waals surface area contributed by atoms with Crippen LogP contribution in [-0.4, -0.2) is 589 Å². The Labute approximate surface area is 687 Å². The molecule has 11 aliphatic heterocycles. The van der Waals surface area contributed by atoms with Gasteiger partial charge in [0.15, 0.2) is 69.2 Å². The van der Waals surface area contributed by atoms with Crippen LogP contribution in [0, 0.1) is 0 Å². The minimum absolute atomic E-state index is 0.952. The van der Waals surface area contributed by atoms with Crippen LogP contribution in [-0.2, 0) is 99.5 Å². The Hall–Kier alpha value is -2.24. The van der Waals surface area contributed by atoms with Gasteiger partial charge in [0.25, 0.3) is 0 Å². The molecule has 0 amide bonds. The van der Waals surface area contributed by atoms with Crippen LogP contribution in [0.25, 0.3) is 0 Å². The van der Waals surface area contributed by atoms with E-state index in [1.165, 1.54) is 0 Å². The summed E-state index contributed by atoms with van der Waals surface area (Å²) in [6.07, 6.45) is -124. The second-order valence-corrected chi connectivity index (χ2v) is 30.8.